The third-order valence-electron chi connectivity index (χ3n) is 5.44. The molecule has 2 aliphatic rings. The van der Waals surface area contributed by atoms with E-state index in [1.54, 1.807) is 11.9 Å². The number of guanidine groups is 1. The van der Waals surface area contributed by atoms with E-state index in [-0.39, 0.29) is 47.9 Å². The summed E-state index contributed by atoms with van der Waals surface area (Å²) in [5.41, 5.74) is -0.461. The smallest absolute Gasteiger partial charge is 0.410 e. The van der Waals surface area contributed by atoms with E-state index in [0.29, 0.717) is 25.6 Å². The Hall–Kier alpha value is -1.26. The summed E-state index contributed by atoms with van der Waals surface area (Å²) < 4.78 is 10.4. The van der Waals surface area contributed by atoms with Gasteiger partial charge in [0, 0.05) is 39.8 Å². The zero-order valence-corrected chi connectivity index (χ0v) is 20.9. The van der Waals surface area contributed by atoms with Crippen LogP contribution in [0.3, 0.4) is 0 Å². The number of nitrogens with one attached hydrogen (secondary N) is 1. The Labute approximate surface area is 191 Å². The summed E-state index contributed by atoms with van der Waals surface area (Å²) >= 11 is 0. The molecule has 0 aromatic carbocycles. The second kappa shape index (κ2) is 11.2. The predicted molar refractivity (Wildman–Crippen MR) is 124 cm³/mol. The molecule has 1 N–H and O–H groups in total. The third-order valence-corrected chi connectivity index (χ3v) is 5.44. The topological polar surface area (TPSA) is 83.5 Å². The van der Waals surface area contributed by atoms with Crippen LogP contribution >= 0.6 is 24.0 Å². The Morgan fingerprint density at radius 1 is 1.14 bits per heavy atom. The van der Waals surface area contributed by atoms with E-state index >= 15 is 0 Å². The van der Waals surface area contributed by atoms with Crippen LogP contribution < -0.4 is 5.32 Å². The first kappa shape index (κ1) is 25.8. The van der Waals surface area contributed by atoms with Crippen LogP contribution in [0, 0.1) is 17.8 Å². The van der Waals surface area contributed by atoms with Gasteiger partial charge in [-0.1, -0.05) is 6.92 Å². The molecule has 0 saturated carbocycles. The molecule has 0 aromatic heterocycles. The van der Waals surface area contributed by atoms with Gasteiger partial charge in [0.2, 0.25) is 0 Å². The molecule has 2 fully saturated rings. The molecule has 0 aromatic rings. The monoisotopic (exact) mass is 524 g/mol. The molecule has 2 atom stereocenters. The van der Waals surface area contributed by atoms with Gasteiger partial charge in [-0.05, 0) is 45.4 Å². The van der Waals surface area contributed by atoms with E-state index < -0.39 is 5.60 Å². The summed E-state index contributed by atoms with van der Waals surface area (Å²) in [7, 11) is 3.21. The predicted octanol–water partition coefficient (Wildman–Crippen LogP) is 2.57. The maximum Gasteiger partial charge on any atom is 0.410 e. The van der Waals surface area contributed by atoms with Crippen molar-refractivity contribution in [2.75, 3.05) is 46.9 Å². The first-order valence-corrected chi connectivity index (χ1v) is 10.2. The highest BCUT2D eigenvalue weighted by molar-refractivity contribution is 14.0. The van der Waals surface area contributed by atoms with E-state index in [1.807, 2.05) is 20.8 Å². The summed E-state index contributed by atoms with van der Waals surface area (Å²) in [6.07, 6.45) is 1.64. The van der Waals surface area contributed by atoms with Crippen LogP contribution in [-0.2, 0) is 14.3 Å². The summed E-state index contributed by atoms with van der Waals surface area (Å²) in [5, 5.41) is 3.45. The number of carbonyl (C=O) groups excluding carboxylic acids is 2. The maximum absolute atomic E-state index is 12.2. The van der Waals surface area contributed by atoms with Crippen LogP contribution in [0.5, 0.6) is 0 Å². The standard InChI is InChI=1S/C20H36N4O4.HI/c1-14-12-24(13-16(14)17(25)27-6)18(21-5)22-11-15-7-9-23(10-8-15)19(26)28-20(2,3)4;/h14-16H,7-13H2,1-6H3,(H,21,22);1H. The number of hydrogen-bond acceptors (Lipinski definition) is 5. The first-order chi connectivity index (χ1) is 13.1. The van der Waals surface area contributed by atoms with E-state index in [4.69, 9.17) is 9.47 Å². The van der Waals surface area contributed by atoms with Crippen molar-refractivity contribution in [1.82, 2.24) is 15.1 Å². The molecule has 0 aliphatic carbocycles. The minimum atomic E-state index is -0.461. The van der Waals surface area contributed by atoms with Crippen molar-refractivity contribution >= 4 is 42.0 Å². The molecular weight excluding hydrogens is 487 g/mol. The number of esters is 1. The number of hydrogen-bond donors (Lipinski definition) is 1. The van der Waals surface area contributed by atoms with Crippen LogP contribution in [0.1, 0.15) is 40.5 Å². The molecule has 29 heavy (non-hydrogen) atoms. The van der Waals surface area contributed by atoms with Gasteiger partial charge in [-0.25, -0.2) is 4.79 Å². The van der Waals surface area contributed by atoms with Crippen molar-refractivity contribution in [2.45, 2.75) is 46.1 Å². The van der Waals surface area contributed by atoms with Gasteiger partial charge in [0.25, 0.3) is 0 Å². The minimum absolute atomic E-state index is 0. The highest BCUT2D eigenvalue weighted by Crippen LogP contribution is 2.24. The average molecular weight is 524 g/mol. The molecular formula is C20H37IN4O4. The minimum Gasteiger partial charge on any atom is -0.469 e. The SMILES string of the molecule is CN=C(NCC1CCN(C(=O)OC(C)(C)C)CC1)N1CC(C)C(C(=O)OC)C1.I. The van der Waals surface area contributed by atoms with Gasteiger partial charge in [0.15, 0.2) is 5.96 Å². The molecule has 2 heterocycles. The summed E-state index contributed by atoms with van der Waals surface area (Å²) in [5.74, 6) is 1.28. The second-order valence-corrected chi connectivity index (χ2v) is 8.85. The lowest BCUT2D eigenvalue weighted by molar-refractivity contribution is -0.146. The van der Waals surface area contributed by atoms with Gasteiger partial charge in [0.05, 0.1) is 13.0 Å². The lowest BCUT2D eigenvalue weighted by Crippen LogP contribution is -2.46. The highest BCUT2D eigenvalue weighted by Gasteiger charge is 2.37. The second-order valence-electron chi connectivity index (χ2n) is 8.85. The fourth-order valence-corrected chi connectivity index (χ4v) is 3.81. The Morgan fingerprint density at radius 2 is 1.76 bits per heavy atom. The average Bonchev–Trinajstić information content (AvgIpc) is 3.02. The Balaban J connectivity index is 0.00000420. The molecule has 8 nitrogen and oxygen atoms in total. The van der Waals surface area contributed by atoms with Gasteiger partial charge >= 0.3 is 12.1 Å². The van der Waals surface area contributed by atoms with Crippen molar-refractivity contribution in [3.05, 3.63) is 0 Å². The van der Waals surface area contributed by atoms with E-state index in [9.17, 15) is 9.59 Å². The van der Waals surface area contributed by atoms with Crippen LogP contribution in [0.15, 0.2) is 4.99 Å². The number of aliphatic imine (C=N–C) groups is 1. The number of carbonyl (C=O) groups is 2. The molecule has 2 unspecified atom stereocenters. The van der Waals surface area contributed by atoms with Gasteiger partial charge in [0.1, 0.15) is 5.60 Å². The number of rotatable bonds is 3. The fourth-order valence-electron chi connectivity index (χ4n) is 3.81. The van der Waals surface area contributed by atoms with Crippen LogP contribution in [0.2, 0.25) is 0 Å². The lowest BCUT2D eigenvalue weighted by Gasteiger charge is -2.34. The van der Waals surface area contributed by atoms with Crippen molar-refractivity contribution in [1.29, 1.82) is 0 Å². The normalized spacial score (nSPS) is 23.4. The summed E-state index contributed by atoms with van der Waals surface area (Å²) in [6.45, 7) is 11.4. The van der Waals surface area contributed by atoms with Gasteiger partial charge < -0.3 is 24.6 Å². The van der Waals surface area contributed by atoms with Gasteiger partial charge in [-0.3, -0.25) is 9.79 Å². The molecule has 2 rings (SSSR count). The van der Waals surface area contributed by atoms with Gasteiger partial charge in [-0.2, -0.15) is 0 Å². The van der Waals surface area contributed by atoms with Crippen molar-refractivity contribution in [3.8, 4) is 0 Å². The largest absolute Gasteiger partial charge is 0.469 e. The van der Waals surface area contributed by atoms with Crippen molar-refractivity contribution < 1.29 is 19.1 Å². The number of ether oxygens (including phenoxy) is 2. The molecule has 2 saturated heterocycles. The summed E-state index contributed by atoms with van der Waals surface area (Å²) in [6, 6.07) is 0. The molecule has 9 heteroatoms. The zero-order valence-electron chi connectivity index (χ0n) is 18.6. The number of likely N-dealkylation sites (tertiary alicyclic amines) is 2. The molecule has 0 spiro atoms. The summed E-state index contributed by atoms with van der Waals surface area (Å²) in [4.78, 5) is 32.4. The maximum atomic E-state index is 12.2. The van der Waals surface area contributed by atoms with Crippen molar-refractivity contribution in [2.24, 2.45) is 22.7 Å². The fraction of sp³-hybridized carbons (Fsp3) is 0.850. The van der Waals surface area contributed by atoms with E-state index in [2.05, 4.69) is 22.1 Å². The van der Waals surface area contributed by atoms with E-state index in [1.165, 1.54) is 7.11 Å². The lowest BCUT2D eigenvalue weighted by atomic mass is 9.97. The van der Waals surface area contributed by atoms with Crippen LogP contribution in [-0.4, -0.2) is 80.3 Å². The first-order valence-electron chi connectivity index (χ1n) is 10.2. The Kier molecular flexibility index (Phi) is 9.97. The Bertz CT molecular complexity index is 586. The number of piperidine rings is 1. The Morgan fingerprint density at radius 3 is 2.28 bits per heavy atom. The van der Waals surface area contributed by atoms with Crippen LogP contribution in [0.4, 0.5) is 4.79 Å². The number of methoxy groups -OCH3 is 1. The number of nitrogens with zero attached hydrogens (tertiary/aromatic N) is 3. The highest BCUT2D eigenvalue weighted by atomic mass is 127. The molecule has 0 bridgehead atoms. The van der Waals surface area contributed by atoms with Crippen LogP contribution in [0.25, 0.3) is 0 Å². The number of amides is 1. The molecule has 168 valence electrons. The van der Waals surface area contributed by atoms with Gasteiger partial charge in [-0.15, -0.1) is 24.0 Å². The number of halogens is 1. The molecule has 2 aliphatic heterocycles. The zero-order chi connectivity index (χ0) is 20.9. The van der Waals surface area contributed by atoms with Crippen molar-refractivity contribution in [3.63, 3.8) is 0 Å². The third kappa shape index (κ3) is 7.49. The molecule has 1 amide bonds. The van der Waals surface area contributed by atoms with E-state index in [0.717, 1.165) is 31.9 Å². The molecule has 0 radical (unpaired) electrons. The quantitative estimate of drug-likeness (QED) is 0.265.